The number of hydrogen-bond acceptors (Lipinski definition) is 5. The van der Waals surface area contributed by atoms with Crippen molar-refractivity contribution >= 4 is 17.3 Å². The molecule has 0 bridgehead atoms. The lowest BCUT2D eigenvalue weighted by atomic mass is 10.2. The van der Waals surface area contributed by atoms with Gasteiger partial charge < -0.3 is 20.1 Å². The number of hydrogen-bond donors (Lipinski definition) is 2. The SMILES string of the molecule is CC(C)Oc1ccccc1NC(=O)c1cc(NCC2CCCO2)ccn1. The molecule has 0 spiro atoms. The molecule has 1 atom stereocenters. The molecule has 1 amide bonds. The molecule has 2 N–H and O–H groups in total. The zero-order chi connectivity index (χ0) is 18.4. The normalized spacial score (nSPS) is 16.5. The summed E-state index contributed by atoms with van der Waals surface area (Å²) in [6, 6.07) is 11.0. The number of ether oxygens (including phenoxy) is 2. The van der Waals surface area contributed by atoms with Crippen LogP contribution in [0.5, 0.6) is 5.75 Å². The van der Waals surface area contributed by atoms with E-state index in [0.29, 0.717) is 17.1 Å². The largest absolute Gasteiger partial charge is 0.489 e. The second kappa shape index (κ2) is 8.67. The number of nitrogens with zero attached hydrogens (tertiary/aromatic N) is 1. The highest BCUT2D eigenvalue weighted by Gasteiger charge is 2.16. The molecule has 0 saturated carbocycles. The van der Waals surface area contributed by atoms with Crippen LogP contribution in [0.3, 0.4) is 0 Å². The summed E-state index contributed by atoms with van der Waals surface area (Å²) in [4.78, 5) is 16.8. The number of anilines is 2. The van der Waals surface area contributed by atoms with Gasteiger partial charge in [-0.05, 0) is 51.0 Å². The van der Waals surface area contributed by atoms with Crippen molar-refractivity contribution in [1.29, 1.82) is 0 Å². The van der Waals surface area contributed by atoms with Crippen LogP contribution in [0.25, 0.3) is 0 Å². The number of para-hydroxylation sites is 2. The Labute approximate surface area is 153 Å². The van der Waals surface area contributed by atoms with E-state index in [9.17, 15) is 4.79 Å². The molecule has 6 heteroatoms. The van der Waals surface area contributed by atoms with Gasteiger partial charge in [-0.2, -0.15) is 0 Å². The highest BCUT2D eigenvalue weighted by atomic mass is 16.5. The third kappa shape index (κ3) is 4.95. The Morgan fingerprint density at radius 1 is 1.35 bits per heavy atom. The number of amides is 1. The Bertz CT molecular complexity index is 743. The van der Waals surface area contributed by atoms with Gasteiger partial charge in [0.05, 0.1) is 17.9 Å². The third-order valence-corrected chi connectivity index (χ3v) is 4.05. The first kappa shape index (κ1) is 18.2. The van der Waals surface area contributed by atoms with E-state index in [4.69, 9.17) is 9.47 Å². The van der Waals surface area contributed by atoms with Crippen LogP contribution in [0.4, 0.5) is 11.4 Å². The van der Waals surface area contributed by atoms with Gasteiger partial charge in [0.1, 0.15) is 11.4 Å². The summed E-state index contributed by atoms with van der Waals surface area (Å²) in [5, 5.41) is 6.19. The van der Waals surface area contributed by atoms with Crippen molar-refractivity contribution in [3.63, 3.8) is 0 Å². The Kier molecular flexibility index (Phi) is 6.07. The summed E-state index contributed by atoms with van der Waals surface area (Å²) in [6.45, 7) is 5.46. The van der Waals surface area contributed by atoms with Crippen molar-refractivity contribution in [2.24, 2.45) is 0 Å². The second-order valence-electron chi connectivity index (χ2n) is 6.56. The van der Waals surface area contributed by atoms with E-state index in [0.717, 1.165) is 31.7 Å². The van der Waals surface area contributed by atoms with Crippen molar-refractivity contribution in [3.05, 3.63) is 48.3 Å². The van der Waals surface area contributed by atoms with E-state index in [1.54, 1.807) is 12.3 Å². The van der Waals surface area contributed by atoms with Gasteiger partial charge in [0.25, 0.3) is 5.91 Å². The Hall–Kier alpha value is -2.60. The average molecular weight is 355 g/mol. The molecule has 1 aliphatic rings. The van der Waals surface area contributed by atoms with Gasteiger partial charge in [-0.25, -0.2) is 0 Å². The quantitative estimate of drug-likeness (QED) is 0.792. The molecule has 1 aromatic carbocycles. The second-order valence-corrected chi connectivity index (χ2v) is 6.56. The van der Waals surface area contributed by atoms with E-state index in [-0.39, 0.29) is 18.1 Å². The molecule has 138 valence electrons. The van der Waals surface area contributed by atoms with Crippen LogP contribution in [0.1, 0.15) is 37.2 Å². The topological polar surface area (TPSA) is 72.5 Å². The molecule has 26 heavy (non-hydrogen) atoms. The van der Waals surface area contributed by atoms with Crippen LogP contribution in [0.2, 0.25) is 0 Å². The summed E-state index contributed by atoms with van der Waals surface area (Å²) in [7, 11) is 0. The molecular formula is C20H25N3O3. The van der Waals surface area contributed by atoms with Crippen molar-refractivity contribution < 1.29 is 14.3 Å². The van der Waals surface area contributed by atoms with Crippen molar-refractivity contribution in [2.75, 3.05) is 23.8 Å². The Balaban J connectivity index is 1.65. The van der Waals surface area contributed by atoms with Crippen LogP contribution in [-0.2, 0) is 4.74 Å². The van der Waals surface area contributed by atoms with E-state index >= 15 is 0 Å². The molecule has 1 aliphatic heterocycles. The molecule has 6 nitrogen and oxygen atoms in total. The standard InChI is InChI=1S/C20H25N3O3/c1-14(2)26-19-8-4-3-7-17(19)23-20(24)18-12-15(9-10-21-18)22-13-16-6-5-11-25-16/h3-4,7-10,12,14,16H,5-6,11,13H2,1-2H3,(H,21,22)(H,23,24). The minimum absolute atomic E-state index is 0.0245. The molecule has 0 radical (unpaired) electrons. The van der Waals surface area contributed by atoms with E-state index < -0.39 is 0 Å². The zero-order valence-electron chi connectivity index (χ0n) is 15.2. The van der Waals surface area contributed by atoms with Crippen LogP contribution < -0.4 is 15.4 Å². The smallest absolute Gasteiger partial charge is 0.274 e. The molecular weight excluding hydrogens is 330 g/mol. The number of aromatic nitrogens is 1. The zero-order valence-corrected chi connectivity index (χ0v) is 15.2. The number of carbonyl (C=O) groups excluding carboxylic acids is 1. The van der Waals surface area contributed by atoms with Gasteiger partial charge in [0.2, 0.25) is 0 Å². The third-order valence-electron chi connectivity index (χ3n) is 4.05. The number of rotatable bonds is 7. The van der Waals surface area contributed by atoms with Gasteiger partial charge in [-0.15, -0.1) is 0 Å². The number of benzene rings is 1. The summed E-state index contributed by atoms with van der Waals surface area (Å²) < 4.78 is 11.3. The number of carbonyl (C=O) groups is 1. The first-order valence-electron chi connectivity index (χ1n) is 9.00. The van der Waals surface area contributed by atoms with Crippen LogP contribution in [0, 0.1) is 0 Å². The number of pyridine rings is 1. The number of nitrogens with one attached hydrogen (secondary N) is 2. The minimum Gasteiger partial charge on any atom is -0.489 e. The maximum atomic E-state index is 12.6. The van der Waals surface area contributed by atoms with Gasteiger partial charge >= 0.3 is 0 Å². The first-order chi connectivity index (χ1) is 12.6. The fourth-order valence-corrected chi connectivity index (χ4v) is 2.81. The highest BCUT2D eigenvalue weighted by Crippen LogP contribution is 2.25. The average Bonchev–Trinajstić information content (AvgIpc) is 3.15. The molecule has 3 rings (SSSR count). The maximum absolute atomic E-state index is 12.6. The van der Waals surface area contributed by atoms with Gasteiger partial charge in [-0.3, -0.25) is 9.78 Å². The van der Waals surface area contributed by atoms with E-state index in [2.05, 4.69) is 15.6 Å². The fourth-order valence-electron chi connectivity index (χ4n) is 2.81. The molecule has 2 aromatic rings. The molecule has 1 fully saturated rings. The van der Waals surface area contributed by atoms with E-state index in [1.165, 1.54) is 0 Å². The lowest BCUT2D eigenvalue weighted by Crippen LogP contribution is -2.19. The van der Waals surface area contributed by atoms with Crippen LogP contribution in [0.15, 0.2) is 42.6 Å². The molecule has 0 aliphatic carbocycles. The predicted octanol–water partition coefficient (Wildman–Crippen LogP) is 3.71. The fraction of sp³-hybridized carbons (Fsp3) is 0.400. The van der Waals surface area contributed by atoms with Crippen LogP contribution >= 0.6 is 0 Å². The Morgan fingerprint density at radius 3 is 2.96 bits per heavy atom. The molecule has 2 heterocycles. The van der Waals surface area contributed by atoms with Gasteiger partial charge in [0.15, 0.2) is 0 Å². The van der Waals surface area contributed by atoms with Crippen molar-refractivity contribution in [1.82, 2.24) is 4.98 Å². The lowest BCUT2D eigenvalue weighted by molar-refractivity contribution is 0.102. The van der Waals surface area contributed by atoms with Gasteiger partial charge in [-0.1, -0.05) is 12.1 Å². The van der Waals surface area contributed by atoms with E-state index in [1.807, 2.05) is 44.2 Å². The highest BCUT2D eigenvalue weighted by molar-refractivity contribution is 6.04. The lowest BCUT2D eigenvalue weighted by Gasteiger charge is -2.15. The predicted molar refractivity (Wildman–Crippen MR) is 102 cm³/mol. The molecule has 1 aromatic heterocycles. The van der Waals surface area contributed by atoms with Crippen molar-refractivity contribution in [2.45, 2.75) is 38.9 Å². The minimum atomic E-state index is -0.273. The summed E-state index contributed by atoms with van der Waals surface area (Å²) in [6.07, 6.45) is 4.06. The van der Waals surface area contributed by atoms with Crippen LogP contribution in [-0.4, -0.2) is 36.3 Å². The summed E-state index contributed by atoms with van der Waals surface area (Å²) >= 11 is 0. The molecule has 1 saturated heterocycles. The van der Waals surface area contributed by atoms with Gasteiger partial charge in [0, 0.05) is 25.0 Å². The molecule has 1 unspecified atom stereocenters. The summed E-state index contributed by atoms with van der Waals surface area (Å²) in [5.74, 6) is 0.370. The first-order valence-corrected chi connectivity index (χ1v) is 9.00. The Morgan fingerprint density at radius 2 is 2.19 bits per heavy atom. The summed E-state index contributed by atoms with van der Waals surface area (Å²) in [5.41, 5.74) is 1.83. The monoisotopic (exact) mass is 355 g/mol. The maximum Gasteiger partial charge on any atom is 0.274 e. The van der Waals surface area contributed by atoms with Crippen molar-refractivity contribution in [3.8, 4) is 5.75 Å².